The van der Waals surface area contributed by atoms with Crippen LogP contribution in [0.1, 0.15) is 17.4 Å². The van der Waals surface area contributed by atoms with Gasteiger partial charge in [0.15, 0.2) is 5.69 Å². The van der Waals surface area contributed by atoms with Crippen molar-refractivity contribution in [2.24, 2.45) is 0 Å². The van der Waals surface area contributed by atoms with Crippen molar-refractivity contribution in [3.8, 4) is 11.3 Å². The number of aryl methyl sites for hydroxylation is 1. The Morgan fingerprint density at radius 2 is 2.32 bits per heavy atom. The van der Waals surface area contributed by atoms with E-state index in [2.05, 4.69) is 15.4 Å². The number of carbonyl (C=O) groups is 1. The highest BCUT2D eigenvalue weighted by Gasteiger charge is 2.21. The minimum absolute atomic E-state index is 0.0771. The van der Waals surface area contributed by atoms with Gasteiger partial charge < -0.3 is 9.84 Å². The summed E-state index contributed by atoms with van der Waals surface area (Å²) in [4.78, 5) is 11.2. The van der Waals surface area contributed by atoms with Gasteiger partial charge in [-0.25, -0.2) is 9.48 Å². The molecule has 0 atom stereocenters. The third kappa shape index (κ3) is 2.63. The molecule has 0 amide bonds. The lowest BCUT2D eigenvalue weighted by Gasteiger charge is -2.04. The molecule has 0 saturated heterocycles. The molecule has 8 heteroatoms. The van der Waals surface area contributed by atoms with Gasteiger partial charge in [-0.1, -0.05) is 5.21 Å². The van der Waals surface area contributed by atoms with Crippen molar-refractivity contribution in [2.45, 2.75) is 20.0 Å². The molecule has 19 heavy (non-hydrogen) atoms. The van der Waals surface area contributed by atoms with Gasteiger partial charge in [-0.15, -0.1) is 5.10 Å². The van der Waals surface area contributed by atoms with Crippen molar-refractivity contribution in [2.75, 3.05) is 13.7 Å². The Kier molecular flexibility index (Phi) is 3.91. The van der Waals surface area contributed by atoms with Gasteiger partial charge in [0.25, 0.3) is 0 Å². The number of ether oxygens (including phenoxy) is 1. The topological polar surface area (TPSA) is 95.1 Å². The number of carboxylic acids is 1. The number of rotatable bonds is 6. The van der Waals surface area contributed by atoms with Crippen LogP contribution in [-0.2, 0) is 17.8 Å². The molecule has 0 unspecified atom stereocenters. The van der Waals surface area contributed by atoms with Crippen molar-refractivity contribution >= 4 is 5.97 Å². The maximum atomic E-state index is 11.2. The monoisotopic (exact) mass is 265 g/mol. The third-order valence-electron chi connectivity index (χ3n) is 2.68. The number of aromatic nitrogens is 5. The highest BCUT2D eigenvalue weighted by Crippen LogP contribution is 2.21. The zero-order chi connectivity index (χ0) is 13.8. The van der Waals surface area contributed by atoms with Gasteiger partial charge in [0.05, 0.1) is 19.3 Å². The lowest BCUT2D eigenvalue weighted by atomic mass is 10.2. The highest BCUT2D eigenvalue weighted by molar-refractivity contribution is 5.92. The molecule has 2 aromatic heterocycles. The first-order chi connectivity index (χ1) is 9.17. The molecule has 2 rings (SSSR count). The summed E-state index contributed by atoms with van der Waals surface area (Å²) in [5, 5.41) is 20.8. The number of hydrogen-bond acceptors (Lipinski definition) is 5. The highest BCUT2D eigenvalue weighted by atomic mass is 16.5. The van der Waals surface area contributed by atoms with E-state index in [4.69, 9.17) is 9.84 Å². The summed E-state index contributed by atoms with van der Waals surface area (Å²) in [5.74, 6) is -1.11. The van der Waals surface area contributed by atoms with E-state index in [1.165, 1.54) is 4.68 Å². The molecule has 1 N–H and O–H groups in total. The van der Waals surface area contributed by atoms with Crippen molar-refractivity contribution in [1.29, 1.82) is 0 Å². The number of hydrogen-bond donors (Lipinski definition) is 1. The van der Waals surface area contributed by atoms with E-state index < -0.39 is 5.97 Å². The summed E-state index contributed by atoms with van der Waals surface area (Å²) < 4.78 is 8.21. The van der Waals surface area contributed by atoms with Crippen LogP contribution in [0.3, 0.4) is 0 Å². The molecule has 2 aromatic rings. The molecule has 0 aliphatic rings. The van der Waals surface area contributed by atoms with Gasteiger partial charge in [0, 0.05) is 25.4 Å². The van der Waals surface area contributed by atoms with Crippen LogP contribution < -0.4 is 0 Å². The largest absolute Gasteiger partial charge is 0.476 e. The van der Waals surface area contributed by atoms with Crippen molar-refractivity contribution < 1.29 is 14.6 Å². The normalized spacial score (nSPS) is 10.8. The number of carboxylic acid groups (broad SMARTS) is 1. The van der Waals surface area contributed by atoms with E-state index in [1.54, 1.807) is 24.2 Å². The van der Waals surface area contributed by atoms with E-state index in [0.29, 0.717) is 31.0 Å². The fraction of sp³-hybridized carbons (Fsp3) is 0.455. The van der Waals surface area contributed by atoms with E-state index in [1.807, 2.05) is 6.92 Å². The molecule has 0 bridgehead atoms. The van der Waals surface area contributed by atoms with Crippen LogP contribution in [0.2, 0.25) is 0 Å². The minimum atomic E-state index is -1.11. The Hall–Kier alpha value is -2.22. The molecule has 0 aliphatic carbocycles. The predicted octanol–water partition coefficient (Wildman–Crippen LogP) is 0.506. The van der Waals surface area contributed by atoms with E-state index in [-0.39, 0.29) is 5.69 Å². The summed E-state index contributed by atoms with van der Waals surface area (Å²) in [6.07, 6.45) is 3.38. The predicted molar refractivity (Wildman–Crippen MR) is 65.8 cm³/mol. The Morgan fingerprint density at radius 1 is 1.53 bits per heavy atom. The maximum absolute atomic E-state index is 11.2. The molecule has 0 spiro atoms. The van der Waals surface area contributed by atoms with E-state index in [0.717, 1.165) is 0 Å². The molecule has 0 aromatic carbocycles. The van der Waals surface area contributed by atoms with Gasteiger partial charge in [-0.05, 0) is 6.92 Å². The molecule has 0 saturated carbocycles. The first-order valence-corrected chi connectivity index (χ1v) is 5.86. The summed E-state index contributed by atoms with van der Waals surface area (Å²) in [7, 11) is 1.57. The van der Waals surface area contributed by atoms with Gasteiger partial charge in [0.1, 0.15) is 5.69 Å². The van der Waals surface area contributed by atoms with E-state index >= 15 is 0 Å². The quantitative estimate of drug-likeness (QED) is 0.817. The first-order valence-electron chi connectivity index (χ1n) is 5.86. The standard InChI is InChI=1S/C11H15N5O3/c1-3-15-7-8(6-12-15)10-9(11(17)18)13-14-16(10)4-5-19-2/h6-7H,3-5H2,1-2H3,(H,17,18). The molecular weight excluding hydrogens is 250 g/mol. The first kappa shape index (κ1) is 13.2. The van der Waals surface area contributed by atoms with Gasteiger partial charge in [-0.3, -0.25) is 4.68 Å². The summed E-state index contributed by atoms with van der Waals surface area (Å²) in [6, 6.07) is 0. The zero-order valence-electron chi connectivity index (χ0n) is 10.8. The Balaban J connectivity index is 2.44. The van der Waals surface area contributed by atoms with Crippen LogP contribution in [0, 0.1) is 0 Å². The lowest BCUT2D eigenvalue weighted by Crippen LogP contribution is -2.08. The van der Waals surface area contributed by atoms with Gasteiger partial charge >= 0.3 is 5.97 Å². The van der Waals surface area contributed by atoms with Crippen LogP contribution in [0.15, 0.2) is 12.4 Å². The maximum Gasteiger partial charge on any atom is 0.358 e. The zero-order valence-corrected chi connectivity index (χ0v) is 10.8. The van der Waals surface area contributed by atoms with Crippen molar-refractivity contribution in [1.82, 2.24) is 24.8 Å². The van der Waals surface area contributed by atoms with Gasteiger partial charge in [0.2, 0.25) is 0 Å². The molecule has 0 aliphatic heterocycles. The fourth-order valence-electron chi connectivity index (χ4n) is 1.74. The average Bonchev–Trinajstić information content (AvgIpc) is 3.01. The summed E-state index contributed by atoms with van der Waals surface area (Å²) in [6.45, 7) is 3.53. The van der Waals surface area contributed by atoms with Gasteiger partial charge in [-0.2, -0.15) is 5.10 Å². The van der Waals surface area contributed by atoms with Crippen LogP contribution in [0.25, 0.3) is 11.3 Å². The third-order valence-corrected chi connectivity index (χ3v) is 2.68. The lowest BCUT2D eigenvalue weighted by molar-refractivity contribution is 0.0691. The average molecular weight is 265 g/mol. The summed E-state index contributed by atoms with van der Waals surface area (Å²) >= 11 is 0. The van der Waals surface area contributed by atoms with Crippen molar-refractivity contribution in [3.63, 3.8) is 0 Å². The Morgan fingerprint density at radius 3 is 2.89 bits per heavy atom. The second-order valence-electron chi connectivity index (χ2n) is 3.89. The number of methoxy groups -OCH3 is 1. The Bertz CT molecular complexity index is 575. The van der Waals surface area contributed by atoms with Crippen LogP contribution in [0.4, 0.5) is 0 Å². The smallest absolute Gasteiger partial charge is 0.358 e. The molecule has 8 nitrogen and oxygen atoms in total. The van der Waals surface area contributed by atoms with Crippen molar-refractivity contribution in [3.05, 3.63) is 18.1 Å². The summed E-state index contributed by atoms with van der Waals surface area (Å²) in [5.41, 5.74) is 1.05. The molecular formula is C11H15N5O3. The SMILES string of the molecule is CCn1cc(-c2c(C(=O)O)nnn2CCOC)cn1. The fourth-order valence-corrected chi connectivity index (χ4v) is 1.74. The minimum Gasteiger partial charge on any atom is -0.476 e. The van der Waals surface area contributed by atoms with Crippen LogP contribution in [-0.4, -0.2) is 49.6 Å². The number of nitrogens with zero attached hydrogens (tertiary/aromatic N) is 5. The molecule has 2 heterocycles. The second-order valence-corrected chi connectivity index (χ2v) is 3.89. The molecule has 0 fully saturated rings. The second kappa shape index (κ2) is 5.61. The molecule has 102 valence electrons. The van der Waals surface area contributed by atoms with E-state index in [9.17, 15) is 4.79 Å². The molecule has 0 radical (unpaired) electrons. The number of aromatic carboxylic acids is 1. The Labute approximate surface area is 109 Å². The van der Waals surface area contributed by atoms with Crippen LogP contribution in [0.5, 0.6) is 0 Å². The van der Waals surface area contributed by atoms with Crippen LogP contribution >= 0.6 is 0 Å².